The van der Waals surface area contributed by atoms with Crippen LogP contribution in [0.15, 0.2) is 34.7 Å². The number of nitrogens with one attached hydrogen (secondary N) is 2. The van der Waals surface area contributed by atoms with Gasteiger partial charge in [-0.05, 0) is 23.8 Å². The van der Waals surface area contributed by atoms with Crippen LogP contribution < -0.4 is 18.6 Å². The number of benzene rings is 1. The average molecular weight is 621 g/mol. The van der Waals surface area contributed by atoms with Crippen molar-refractivity contribution in [3.05, 3.63) is 53.0 Å². The van der Waals surface area contributed by atoms with Gasteiger partial charge in [-0.15, -0.1) is 0 Å². The van der Waals surface area contributed by atoms with Gasteiger partial charge >= 0.3 is 6.03 Å². The minimum Gasteiger partial charge on any atom is -0.456 e. The number of pyridine rings is 1. The van der Waals surface area contributed by atoms with Gasteiger partial charge in [0.2, 0.25) is 5.91 Å². The van der Waals surface area contributed by atoms with Crippen molar-refractivity contribution in [2.75, 3.05) is 18.0 Å². The van der Waals surface area contributed by atoms with E-state index in [4.69, 9.17) is 7.48 Å². The number of carbonyl (C=O) groups excluding carboxylic acids is 4. The molecule has 2 aromatic heterocycles. The molecule has 0 saturated carbocycles. The summed E-state index contributed by atoms with van der Waals surface area (Å²) in [5.41, 5.74) is -1.00. The molecule has 1 aromatic carbocycles. The van der Waals surface area contributed by atoms with E-state index in [0.717, 1.165) is 0 Å². The second kappa shape index (κ2) is 8.37. The first kappa shape index (κ1) is 23.6. The molecule has 190 valence electrons. The highest BCUT2D eigenvalue weighted by Gasteiger charge is 2.53. The molecule has 0 unspecified atom stereocenters. The van der Waals surface area contributed by atoms with Gasteiger partial charge in [0, 0.05) is 12.6 Å². The second-order valence-electron chi connectivity index (χ2n) is 8.99. The molecule has 0 bridgehead atoms. The first-order valence-corrected chi connectivity index (χ1v) is 12.0. The van der Waals surface area contributed by atoms with Gasteiger partial charge in [-0.2, -0.15) is 0 Å². The Balaban J connectivity index is 1.37. The highest BCUT2D eigenvalue weighted by Crippen LogP contribution is 2.37. The van der Waals surface area contributed by atoms with Gasteiger partial charge in [0.25, 0.3) is 11.8 Å². The quantitative estimate of drug-likeness (QED) is 0.286. The maximum Gasteiger partial charge on any atom is 0.322 e. The number of nitrogens with zero attached hydrogens (tertiary/aromatic N) is 3. The minimum atomic E-state index is -1.81. The van der Waals surface area contributed by atoms with Gasteiger partial charge in [-0.25, -0.2) is 14.2 Å². The summed E-state index contributed by atoms with van der Waals surface area (Å²) >= 11 is 1.52. The number of furan rings is 1. The molecule has 12 nitrogen and oxygen atoms in total. The van der Waals surface area contributed by atoms with Crippen LogP contribution in [-0.2, 0) is 21.7 Å². The van der Waals surface area contributed by atoms with Crippen LogP contribution in [0.5, 0.6) is 5.75 Å². The highest BCUT2D eigenvalue weighted by molar-refractivity contribution is 14.1. The molecule has 3 aliphatic rings. The van der Waals surface area contributed by atoms with Crippen LogP contribution in [0, 0.1) is 5.82 Å². The lowest BCUT2D eigenvalue weighted by atomic mass is 9.95. The maximum absolute atomic E-state index is 14.8. The molecule has 5 heterocycles. The number of imide groups is 1. The highest BCUT2D eigenvalue weighted by atomic mass is 127. The molecule has 14 heteroatoms. The summed E-state index contributed by atoms with van der Waals surface area (Å²) in [6.45, 7) is -0.246. The largest absolute Gasteiger partial charge is 0.456 e. The van der Waals surface area contributed by atoms with E-state index in [9.17, 15) is 28.7 Å². The summed E-state index contributed by atoms with van der Waals surface area (Å²) in [7, 11) is 0. The summed E-state index contributed by atoms with van der Waals surface area (Å²) in [4.78, 5) is 57.6. The third-order valence-electron chi connectivity index (χ3n) is 6.67. The number of carbonyl (C=O) groups is 4. The first-order valence-electron chi connectivity index (χ1n) is 11.1. The predicted molar refractivity (Wildman–Crippen MR) is 131 cm³/mol. The summed E-state index contributed by atoms with van der Waals surface area (Å²) in [5, 5.41) is 14.5. The average Bonchev–Trinajstić information content (AvgIpc) is 3.59. The van der Waals surface area contributed by atoms with Crippen LogP contribution in [-0.4, -0.2) is 57.9 Å². The number of fused-ring (bicyclic) bond motifs is 2. The van der Waals surface area contributed by atoms with Gasteiger partial charge in [0.1, 0.15) is 17.1 Å². The van der Waals surface area contributed by atoms with Crippen LogP contribution in [0.4, 0.5) is 15.0 Å². The van der Waals surface area contributed by atoms with Crippen LogP contribution in [0.1, 0.15) is 28.1 Å². The van der Waals surface area contributed by atoms with E-state index >= 15 is 0 Å². The molecule has 37 heavy (non-hydrogen) atoms. The van der Waals surface area contributed by atoms with Crippen molar-refractivity contribution in [3.8, 4) is 5.75 Å². The number of hydrogen-bond donors (Lipinski definition) is 3. The topological polar surface area (TPSA) is 154 Å². The van der Waals surface area contributed by atoms with E-state index < -0.39 is 35.3 Å². The summed E-state index contributed by atoms with van der Waals surface area (Å²) < 4.78 is 25.7. The van der Waals surface area contributed by atoms with Crippen molar-refractivity contribution in [3.63, 3.8) is 0 Å². The number of amides is 5. The first-order chi connectivity index (χ1) is 17.7. The number of β-amino-alcohol motifs (C(OH)–C–C–N with tert-alkyl or cyclic N) is 1. The smallest absolute Gasteiger partial charge is 0.322 e. The van der Waals surface area contributed by atoms with Gasteiger partial charge in [0.15, 0.2) is 45.7 Å². The van der Waals surface area contributed by atoms with Crippen LogP contribution in [0.3, 0.4) is 0 Å². The third-order valence-corrected chi connectivity index (χ3v) is 7.14. The molecule has 6 rings (SSSR count). The number of aliphatic hydroxyl groups excluding tert-OH is 1. The maximum atomic E-state index is 14.8. The van der Waals surface area contributed by atoms with Crippen LogP contribution in [0.2, 0.25) is 0 Å². The van der Waals surface area contributed by atoms with Gasteiger partial charge in [-0.3, -0.25) is 24.6 Å². The number of aromatic nitrogens is 1. The molecule has 0 radical (unpaired) electrons. The Morgan fingerprint density at radius 1 is 1.24 bits per heavy atom. The SMILES string of the molecule is O=C1NC(=O)[C@](CN2Cc3ccc(OI)c(F)c3C2=O)(c2cc3nc(N4C[C@H](O)CC4=O)ccc3o2)N1. The Hall–Kier alpha value is -3.79. The van der Waals surface area contributed by atoms with Crippen molar-refractivity contribution >= 4 is 63.7 Å². The van der Waals surface area contributed by atoms with Crippen LogP contribution >= 0.6 is 23.0 Å². The molecule has 2 atom stereocenters. The molecule has 2 saturated heterocycles. The Morgan fingerprint density at radius 2 is 2.05 bits per heavy atom. The lowest BCUT2D eigenvalue weighted by Crippen LogP contribution is -2.52. The Morgan fingerprint density at radius 3 is 2.73 bits per heavy atom. The Kier molecular flexibility index (Phi) is 5.34. The Bertz CT molecular complexity index is 1530. The zero-order chi connectivity index (χ0) is 26.1. The molecule has 3 N–H and O–H groups in total. The van der Waals surface area contributed by atoms with Crippen molar-refractivity contribution in [2.24, 2.45) is 0 Å². The Labute approximate surface area is 221 Å². The molecular formula is C23H17FIN5O7. The van der Waals surface area contributed by atoms with E-state index in [1.165, 1.54) is 44.9 Å². The third kappa shape index (κ3) is 3.61. The molecule has 5 amide bonds. The standard InChI is InChI=1S/C23H17FIN5O7/c24-19-14(37-25)2-1-10-7-29(20(33)18(10)19)9-23(21(34)27-22(35)28-23)15-6-12-13(36-15)3-4-16(26-12)30-8-11(31)5-17(30)32/h1-4,6,11,31H,5,7-9H2,(H2,27,28,34,35)/t11-,23+/m1/s1. The van der Waals surface area contributed by atoms with E-state index in [-0.39, 0.29) is 54.6 Å². The summed E-state index contributed by atoms with van der Waals surface area (Å²) in [5.74, 6) is -2.31. The van der Waals surface area contributed by atoms with E-state index in [1.807, 2.05) is 0 Å². The normalized spacial score (nSPS) is 23.2. The van der Waals surface area contributed by atoms with Crippen LogP contribution in [0.25, 0.3) is 11.1 Å². The van der Waals surface area contributed by atoms with E-state index in [2.05, 4.69) is 15.6 Å². The lowest BCUT2D eigenvalue weighted by molar-refractivity contribution is -0.125. The molecule has 0 aliphatic carbocycles. The van der Waals surface area contributed by atoms with Crippen molar-refractivity contribution in [1.29, 1.82) is 0 Å². The van der Waals surface area contributed by atoms with Gasteiger partial charge in [-0.1, -0.05) is 6.07 Å². The number of anilines is 1. The number of halogens is 2. The summed E-state index contributed by atoms with van der Waals surface area (Å²) in [6, 6.07) is 6.72. The van der Waals surface area contributed by atoms with Crippen molar-refractivity contribution in [1.82, 2.24) is 20.5 Å². The van der Waals surface area contributed by atoms with E-state index in [1.54, 1.807) is 18.2 Å². The monoisotopic (exact) mass is 621 g/mol. The van der Waals surface area contributed by atoms with E-state index in [0.29, 0.717) is 16.9 Å². The molecule has 2 fully saturated rings. The fourth-order valence-corrected chi connectivity index (χ4v) is 5.25. The number of hydrogen-bond acceptors (Lipinski definition) is 8. The zero-order valence-electron chi connectivity index (χ0n) is 18.8. The molecular weight excluding hydrogens is 604 g/mol. The number of urea groups is 1. The predicted octanol–water partition coefficient (Wildman–Crippen LogP) is 1.48. The van der Waals surface area contributed by atoms with Gasteiger partial charge in [0.05, 0.1) is 31.2 Å². The second-order valence-corrected chi connectivity index (χ2v) is 9.43. The number of aliphatic hydroxyl groups is 1. The van der Waals surface area contributed by atoms with Gasteiger partial charge < -0.3 is 22.8 Å². The minimum absolute atomic E-state index is 0.000459. The fraction of sp³-hybridized carbons (Fsp3) is 0.261. The zero-order valence-corrected chi connectivity index (χ0v) is 20.9. The lowest BCUT2D eigenvalue weighted by Gasteiger charge is -2.28. The fourth-order valence-electron chi connectivity index (χ4n) is 4.91. The number of rotatable bonds is 5. The van der Waals surface area contributed by atoms with Crippen molar-refractivity contribution in [2.45, 2.75) is 24.6 Å². The van der Waals surface area contributed by atoms with Crippen molar-refractivity contribution < 1.29 is 36.2 Å². The summed E-state index contributed by atoms with van der Waals surface area (Å²) in [6.07, 6.45) is -0.804. The molecule has 3 aliphatic heterocycles. The molecule has 3 aromatic rings. The molecule has 0 spiro atoms.